The molecule has 1 aliphatic rings. The van der Waals surface area contributed by atoms with E-state index in [1.165, 1.54) is 12.1 Å². The Bertz CT molecular complexity index is 1020. The number of carbonyl (C=O) groups excluding carboxylic acids is 1. The number of aromatic amines is 1. The van der Waals surface area contributed by atoms with E-state index in [1.54, 1.807) is 6.07 Å². The number of rotatable bonds is 5. The van der Waals surface area contributed by atoms with Crippen LogP contribution in [0.2, 0.25) is 0 Å². The first-order valence-corrected chi connectivity index (χ1v) is 6.33. The van der Waals surface area contributed by atoms with Crippen molar-refractivity contribution in [2.45, 2.75) is 18.8 Å². The van der Waals surface area contributed by atoms with Gasteiger partial charge in [0.15, 0.2) is 0 Å². The maximum atomic E-state index is 11.4. The van der Waals surface area contributed by atoms with Crippen LogP contribution < -0.4 is 5.32 Å². The number of alkyl carbamates (subject to hydrolysis) is 1. The summed E-state index contributed by atoms with van der Waals surface area (Å²) in [7, 11) is 0.944. The minimum Gasteiger partial charge on any atom is -0.447 e. The van der Waals surface area contributed by atoms with Crippen LogP contribution in [0, 0.1) is 0 Å². The number of amides is 1. The van der Waals surface area contributed by atoms with E-state index in [2.05, 4.69) is 15.0 Å². The van der Waals surface area contributed by atoms with Crippen LogP contribution in [0.1, 0.15) is 24.8 Å². The lowest BCUT2D eigenvalue weighted by molar-refractivity contribution is 0.177. The number of benzene rings is 1. The number of aromatic nitrogens is 1. The molecular formula is C16H21N3O2. The summed E-state index contributed by atoms with van der Waals surface area (Å²) in [5.74, 6) is 0. The van der Waals surface area contributed by atoms with E-state index in [4.69, 9.17) is 13.7 Å². The molecule has 1 amide bonds. The number of nitrogens with one attached hydrogen (secondary N) is 2. The highest BCUT2D eigenvalue weighted by Crippen LogP contribution is 2.21. The Balaban J connectivity index is 2.06. The number of H-pyrrole nitrogens is 1. The molecule has 0 spiro atoms. The van der Waals surface area contributed by atoms with Crippen molar-refractivity contribution in [3.05, 3.63) is 35.5 Å². The molecule has 1 atom stereocenters. The van der Waals surface area contributed by atoms with Gasteiger partial charge in [0.05, 0.1) is 10.2 Å². The first kappa shape index (κ1) is 6.40. The third-order valence-corrected chi connectivity index (χ3v) is 3.05. The van der Waals surface area contributed by atoms with Crippen LogP contribution in [-0.2, 0) is 17.5 Å². The summed E-state index contributed by atoms with van der Waals surface area (Å²) in [6.45, 7) is -8.16. The largest absolute Gasteiger partial charge is 0.447 e. The van der Waals surface area contributed by atoms with Crippen molar-refractivity contribution in [2.24, 2.45) is 0 Å². The molecule has 0 radical (unpaired) electrons. The second-order valence-electron chi connectivity index (χ2n) is 4.71. The number of hydrogen-bond acceptors (Lipinski definition) is 3. The molecule has 5 heteroatoms. The Morgan fingerprint density at radius 3 is 3.33 bits per heavy atom. The standard InChI is InChI=1S/C16H21N3O2/c1-19(2)6-5-12-9-17-15-4-3-11(8-14(12)15)7-13-10-21-16(20)18-13/h3-4,8-9,13,17H,5-7,10H2,1-2H3,(H,18,20)/t13-/m0/s1/i1D3,5D2,6D2,9D,10D2. The molecule has 0 aliphatic carbocycles. The van der Waals surface area contributed by atoms with Crippen LogP contribution in [0.5, 0.6) is 0 Å². The Labute approximate surface area is 138 Å². The van der Waals surface area contributed by atoms with Crippen molar-refractivity contribution < 1.29 is 23.2 Å². The van der Waals surface area contributed by atoms with E-state index in [1.807, 2.05) is 0 Å². The van der Waals surface area contributed by atoms with Crippen molar-refractivity contribution in [2.75, 3.05) is 27.1 Å². The number of fused-ring (bicyclic) bond motifs is 1. The van der Waals surface area contributed by atoms with Gasteiger partial charge in [0.1, 0.15) is 6.56 Å². The number of carbonyl (C=O) groups is 1. The second kappa shape index (κ2) is 5.77. The van der Waals surface area contributed by atoms with Crippen LogP contribution in [-0.4, -0.2) is 49.1 Å². The van der Waals surface area contributed by atoms with Gasteiger partial charge in [0, 0.05) is 33.2 Å². The zero-order valence-corrected chi connectivity index (χ0v) is 11.3. The molecule has 21 heavy (non-hydrogen) atoms. The fourth-order valence-electron chi connectivity index (χ4n) is 2.12. The van der Waals surface area contributed by atoms with Gasteiger partial charge in [-0.05, 0) is 50.1 Å². The number of cyclic esters (lactones) is 1. The highest BCUT2D eigenvalue weighted by molar-refractivity contribution is 5.84. The van der Waals surface area contributed by atoms with Gasteiger partial charge in [-0.3, -0.25) is 0 Å². The highest BCUT2D eigenvalue weighted by Gasteiger charge is 2.22. The molecule has 0 saturated carbocycles. The molecule has 1 saturated heterocycles. The van der Waals surface area contributed by atoms with Crippen LogP contribution >= 0.6 is 0 Å². The van der Waals surface area contributed by atoms with Crippen LogP contribution in [0.3, 0.4) is 0 Å². The third kappa shape index (κ3) is 3.19. The van der Waals surface area contributed by atoms with Gasteiger partial charge in [-0.15, -0.1) is 0 Å². The molecule has 1 aromatic heterocycles. The number of hydrogen-bond donors (Lipinski definition) is 2. The van der Waals surface area contributed by atoms with Crippen LogP contribution in [0.25, 0.3) is 10.9 Å². The number of aryl methyl sites for hydroxylation is 1. The zero-order chi connectivity index (χ0) is 23.6. The first-order valence-electron chi connectivity index (χ1n) is 11.3. The molecule has 5 nitrogen and oxygen atoms in total. The molecule has 2 N–H and O–H groups in total. The van der Waals surface area contributed by atoms with E-state index in [9.17, 15) is 4.79 Å². The minimum atomic E-state index is -3.00. The topological polar surface area (TPSA) is 57.4 Å². The van der Waals surface area contributed by atoms with Crippen molar-refractivity contribution in [3.8, 4) is 0 Å². The molecule has 0 unspecified atom stereocenters. The molecule has 1 aromatic carbocycles. The van der Waals surface area contributed by atoms with Crippen molar-refractivity contribution in [1.29, 1.82) is 0 Å². The Kier molecular flexibility index (Phi) is 1.76. The molecule has 2 aromatic rings. The Morgan fingerprint density at radius 1 is 1.67 bits per heavy atom. The lowest BCUT2D eigenvalue weighted by atomic mass is 10.0. The summed E-state index contributed by atoms with van der Waals surface area (Å²) in [6, 6.07) is 3.59. The van der Waals surface area contributed by atoms with Gasteiger partial charge in [0.2, 0.25) is 0 Å². The van der Waals surface area contributed by atoms with E-state index < -0.39 is 44.7 Å². The average molecular weight is 297 g/mol. The number of nitrogens with zero attached hydrogens (tertiary/aromatic N) is 1. The molecule has 1 fully saturated rings. The van der Waals surface area contributed by atoms with Gasteiger partial charge < -0.3 is 19.9 Å². The summed E-state index contributed by atoms with van der Waals surface area (Å²) in [5.41, 5.74) is 0.447. The Morgan fingerprint density at radius 2 is 2.57 bits per heavy atom. The predicted octanol–water partition coefficient (Wildman–Crippen LogP) is 1.92. The van der Waals surface area contributed by atoms with Crippen LogP contribution in [0.15, 0.2) is 24.4 Å². The van der Waals surface area contributed by atoms with Crippen LogP contribution in [0.4, 0.5) is 4.79 Å². The average Bonchev–Trinajstić information content (AvgIpc) is 3.07. The maximum Gasteiger partial charge on any atom is 0.407 e. The summed E-state index contributed by atoms with van der Waals surface area (Å²) >= 11 is 0. The quantitative estimate of drug-likeness (QED) is 0.886. The summed E-state index contributed by atoms with van der Waals surface area (Å²) in [6.07, 6.45) is -4.21. The van der Waals surface area contributed by atoms with Crippen molar-refractivity contribution in [3.63, 3.8) is 0 Å². The van der Waals surface area contributed by atoms with E-state index in [-0.39, 0.29) is 17.4 Å². The highest BCUT2D eigenvalue weighted by atomic mass is 16.6. The second-order valence-corrected chi connectivity index (χ2v) is 4.71. The van der Waals surface area contributed by atoms with E-state index in [0.717, 1.165) is 7.05 Å². The monoisotopic (exact) mass is 297 g/mol. The molecule has 2 heterocycles. The minimum absolute atomic E-state index is 0.00228. The molecule has 1 aliphatic heterocycles. The maximum absolute atomic E-state index is 11.4. The summed E-state index contributed by atoms with van der Waals surface area (Å²) < 4.78 is 83.9. The zero-order valence-electron chi connectivity index (χ0n) is 21.3. The molecule has 3 rings (SSSR count). The normalized spacial score (nSPS) is 29.6. The van der Waals surface area contributed by atoms with Crippen molar-refractivity contribution in [1.82, 2.24) is 15.2 Å². The summed E-state index contributed by atoms with van der Waals surface area (Å²) in [5, 5.41) is 2.52. The van der Waals surface area contributed by atoms with Crippen molar-refractivity contribution >= 4 is 17.0 Å². The number of ether oxygens (including phenoxy) is 1. The first-order chi connectivity index (χ1) is 14.0. The summed E-state index contributed by atoms with van der Waals surface area (Å²) in [4.78, 5) is 14.3. The fraction of sp³-hybridized carbons (Fsp3) is 0.438. The lowest BCUT2D eigenvalue weighted by Gasteiger charge is -2.09. The van der Waals surface area contributed by atoms with Gasteiger partial charge in [-0.2, -0.15) is 0 Å². The SMILES string of the molecule is [2H]c1[nH]c2ccc(C[C@@H]3NC(=O)OC3([2H])[2H])cc2c1C([2H])([2H])C([2H])([2H])N(C)C([2H])([2H])[2H]. The van der Waals surface area contributed by atoms with Gasteiger partial charge in [-0.1, -0.05) is 6.07 Å². The smallest absolute Gasteiger partial charge is 0.407 e. The number of likely N-dealkylation sites (N-methyl/N-ethyl adjacent to an activating group) is 1. The van der Waals surface area contributed by atoms with E-state index in [0.29, 0.717) is 16.0 Å². The Hall–Kier alpha value is -2.01. The van der Waals surface area contributed by atoms with Gasteiger partial charge in [0.25, 0.3) is 0 Å². The molecule has 112 valence electrons. The fourth-order valence-corrected chi connectivity index (χ4v) is 2.12. The third-order valence-electron chi connectivity index (χ3n) is 3.05. The predicted molar refractivity (Wildman–Crippen MR) is 82.5 cm³/mol. The van der Waals surface area contributed by atoms with E-state index >= 15 is 0 Å². The molecular weight excluding hydrogens is 266 g/mol. The lowest BCUT2D eigenvalue weighted by Crippen LogP contribution is -2.28. The van der Waals surface area contributed by atoms with Gasteiger partial charge >= 0.3 is 6.09 Å². The van der Waals surface area contributed by atoms with Gasteiger partial charge in [-0.25, -0.2) is 4.79 Å². The molecule has 0 bridgehead atoms.